The summed E-state index contributed by atoms with van der Waals surface area (Å²) in [5.41, 5.74) is 0.378. The summed E-state index contributed by atoms with van der Waals surface area (Å²) in [5.74, 6) is 1.50. The lowest BCUT2D eigenvalue weighted by molar-refractivity contribution is -0.124. The highest BCUT2D eigenvalue weighted by atomic mass is 32.2. The molecule has 118 valence electrons. The first-order chi connectivity index (χ1) is 10.5. The second-order valence-electron chi connectivity index (χ2n) is 6.22. The van der Waals surface area contributed by atoms with Crippen LogP contribution in [-0.2, 0) is 20.0 Å². The van der Waals surface area contributed by atoms with Crippen LogP contribution >= 0.6 is 0 Å². The largest absolute Gasteiger partial charge is 0.454 e. The number of fused-ring (bicyclic) bond motifs is 1. The molecule has 2 aliphatic heterocycles. The summed E-state index contributed by atoms with van der Waals surface area (Å²) >= 11 is 0. The Labute approximate surface area is 128 Å². The number of carbonyl (C=O) groups excluding carboxylic acids is 1. The molecule has 1 N–H and O–H groups in total. The Morgan fingerprint density at radius 2 is 2.00 bits per heavy atom. The Morgan fingerprint density at radius 3 is 2.68 bits per heavy atom. The van der Waals surface area contributed by atoms with Crippen molar-refractivity contribution in [1.29, 1.82) is 0 Å². The van der Waals surface area contributed by atoms with Crippen LogP contribution in [0.1, 0.15) is 24.8 Å². The molecular formula is C15H17NO5S. The van der Waals surface area contributed by atoms with Crippen molar-refractivity contribution in [2.24, 2.45) is 0 Å². The van der Waals surface area contributed by atoms with E-state index in [1.807, 2.05) is 18.2 Å². The molecular weight excluding hydrogens is 306 g/mol. The minimum Gasteiger partial charge on any atom is -0.454 e. The SMILES string of the molecule is O=C(NC1CCS(=O)(=O)C1)C1(c2ccc3c(c2)OCO3)CC1. The molecule has 2 heterocycles. The lowest BCUT2D eigenvalue weighted by Gasteiger charge is -2.19. The van der Waals surface area contributed by atoms with Crippen LogP contribution < -0.4 is 14.8 Å². The van der Waals surface area contributed by atoms with Crippen molar-refractivity contribution < 1.29 is 22.7 Å². The number of ether oxygens (including phenoxy) is 2. The average molecular weight is 323 g/mol. The zero-order chi connectivity index (χ0) is 15.4. The van der Waals surface area contributed by atoms with Gasteiger partial charge in [-0.3, -0.25) is 4.79 Å². The fourth-order valence-electron chi connectivity index (χ4n) is 3.20. The third-order valence-electron chi connectivity index (χ3n) is 4.68. The van der Waals surface area contributed by atoms with Gasteiger partial charge in [-0.1, -0.05) is 6.07 Å². The van der Waals surface area contributed by atoms with Crippen LogP contribution in [0.4, 0.5) is 0 Å². The topological polar surface area (TPSA) is 81.7 Å². The Kier molecular flexibility index (Phi) is 2.91. The molecule has 1 saturated heterocycles. The molecule has 2 fully saturated rings. The van der Waals surface area contributed by atoms with Crippen LogP contribution in [0.2, 0.25) is 0 Å². The zero-order valence-corrected chi connectivity index (χ0v) is 12.8. The van der Waals surface area contributed by atoms with E-state index in [0.717, 1.165) is 18.4 Å². The van der Waals surface area contributed by atoms with E-state index in [2.05, 4.69) is 5.32 Å². The van der Waals surface area contributed by atoms with Gasteiger partial charge < -0.3 is 14.8 Å². The van der Waals surface area contributed by atoms with Gasteiger partial charge in [0.05, 0.1) is 16.9 Å². The molecule has 1 aromatic rings. The Morgan fingerprint density at radius 1 is 1.23 bits per heavy atom. The van der Waals surface area contributed by atoms with E-state index in [0.29, 0.717) is 17.9 Å². The molecule has 1 atom stereocenters. The molecule has 7 heteroatoms. The number of amides is 1. The molecule has 1 unspecified atom stereocenters. The van der Waals surface area contributed by atoms with E-state index in [-0.39, 0.29) is 30.2 Å². The summed E-state index contributed by atoms with van der Waals surface area (Å²) in [5, 5.41) is 2.91. The molecule has 0 radical (unpaired) electrons. The Hall–Kier alpha value is -1.76. The minimum atomic E-state index is -2.99. The van der Waals surface area contributed by atoms with Gasteiger partial charge in [-0.2, -0.15) is 0 Å². The summed E-state index contributed by atoms with van der Waals surface area (Å²) in [7, 11) is -2.99. The average Bonchev–Trinajstić information content (AvgIpc) is 3.04. The van der Waals surface area contributed by atoms with E-state index in [4.69, 9.17) is 9.47 Å². The van der Waals surface area contributed by atoms with E-state index < -0.39 is 15.3 Å². The first-order valence-electron chi connectivity index (χ1n) is 7.40. The molecule has 1 amide bonds. The van der Waals surface area contributed by atoms with E-state index in [9.17, 15) is 13.2 Å². The Bertz CT molecular complexity index is 738. The second kappa shape index (κ2) is 4.62. The summed E-state index contributed by atoms with van der Waals surface area (Å²) in [6, 6.07) is 5.32. The van der Waals surface area contributed by atoms with Gasteiger partial charge in [0.2, 0.25) is 12.7 Å². The van der Waals surface area contributed by atoms with Gasteiger partial charge in [0, 0.05) is 6.04 Å². The summed E-state index contributed by atoms with van der Waals surface area (Å²) in [6.45, 7) is 0.206. The highest BCUT2D eigenvalue weighted by Crippen LogP contribution is 2.50. The van der Waals surface area contributed by atoms with Gasteiger partial charge in [-0.05, 0) is 37.0 Å². The van der Waals surface area contributed by atoms with Crippen molar-refractivity contribution in [3.05, 3.63) is 23.8 Å². The highest BCUT2D eigenvalue weighted by molar-refractivity contribution is 7.91. The monoisotopic (exact) mass is 323 g/mol. The molecule has 1 aliphatic carbocycles. The van der Waals surface area contributed by atoms with Crippen LogP contribution in [0.5, 0.6) is 11.5 Å². The fourth-order valence-corrected chi connectivity index (χ4v) is 4.87. The van der Waals surface area contributed by atoms with Crippen molar-refractivity contribution >= 4 is 15.7 Å². The first-order valence-corrected chi connectivity index (χ1v) is 9.22. The predicted molar refractivity (Wildman–Crippen MR) is 78.7 cm³/mol. The smallest absolute Gasteiger partial charge is 0.231 e. The van der Waals surface area contributed by atoms with Crippen LogP contribution in [0.3, 0.4) is 0 Å². The van der Waals surface area contributed by atoms with Crippen LogP contribution in [-0.4, -0.2) is 38.7 Å². The van der Waals surface area contributed by atoms with E-state index in [1.165, 1.54) is 0 Å². The molecule has 3 aliphatic rings. The maximum absolute atomic E-state index is 12.6. The van der Waals surface area contributed by atoms with Crippen molar-refractivity contribution in [2.75, 3.05) is 18.3 Å². The third kappa shape index (κ3) is 2.24. The number of hydrogen-bond donors (Lipinski definition) is 1. The Balaban J connectivity index is 1.53. The molecule has 1 aromatic carbocycles. The first kappa shape index (κ1) is 13.9. The zero-order valence-electron chi connectivity index (χ0n) is 12.0. The molecule has 22 heavy (non-hydrogen) atoms. The van der Waals surface area contributed by atoms with Crippen molar-refractivity contribution in [3.8, 4) is 11.5 Å². The molecule has 0 aromatic heterocycles. The normalized spacial score (nSPS) is 26.6. The quantitative estimate of drug-likeness (QED) is 0.888. The second-order valence-corrected chi connectivity index (χ2v) is 8.45. The summed E-state index contributed by atoms with van der Waals surface area (Å²) < 4.78 is 33.7. The number of nitrogens with one attached hydrogen (secondary N) is 1. The number of carbonyl (C=O) groups is 1. The van der Waals surface area contributed by atoms with Gasteiger partial charge in [0.15, 0.2) is 21.3 Å². The van der Waals surface area contributed by atoms with E-state index in [1.54, 1.807) is 0 Å². The number of benzene rings is 1. The lowest BCUT2D eigenvalue weighted by atomic mass is 9.94. The van der Waals surface area contributed by atoms with Crippen molar-refractivity contribution in [3.63, 3.8) is 0 Å². The van der Waals surface area contributed by atoms with Crippen molar-refractivity contribution in [1.82, 2.24) is 5.32 Å². The van der Waals surface area contributed by atoms with Gasteiger partial charge >= 0.3 is 0 Å². The summed E-state index contributed by atoms with van der Waals surface area (Å²) in [6.07, 6.45) is 2.06. The molecule has 1 saturated carbocycles. The number of sulfone groups is 1. The molecule has 0 spiro atoms. The predicted octanol–water partition coefficient (Wildman–Crippen LogP) is 0.750. The van der Waals surface area contributed by atoms with Crippen LogP contribution in [0.25, 0.3) is 0 Å². The van der Waals surface area contributed by atoms with Gasteiger partial charge in [0.25, 0.3) is 0 Å². The van der Waals surface area contributed by atoms with Gasteiger partial charge in [-0.15, -0.1) is 0 Å². The molecule has 0 bridgehead atoms. The van der Waals surface area contributed by atoms with Gasteiger partial charge in [-0.25, -0.2) is 8.42 Å². The minimum absolute atomic E-state index is 0.0515. The van der Waals surface area contributed by atoms with E-state index >= 15 is 0 Å². The maximum atomic E-state index is 12.6. The summed E-state index contributed by atoms with van der Waals surface area (Å²) in [4.78, 5) is 12.6. The maximum Gasteiger partial charge on any atom is 0.231 e. The molecule has 6 nitrogen and oxygen atoms in total. The standard InChI is InChI=1S/C15H17NO5S/c17-14(16-11-3-6-22(18,19)8-11)15(4-5-15)10-1-2-12-13(7-10)21-9-20-12/h1-2,7,11H,3-6,8-9H2,(H,16,17). The molecule has 4 rings (SSSR count). The van der Waals surface area contributed by atoms with Gasteiger partial charge in [0.1, 0.15) is 0 Å². The van der Waals surface area contributed by atoms with Crippen LogP contribution in [0.15, 0.2) is 18.2 Å². The number of hydrogen-bond acceptors (Lipinski definition) is 5. The highest BCUT2D eigenvalue weighted by Gasteiger charge is 2.52. The fraction of sp³-hybridized carbons (Fsp3) is 0.533. The van der Waals surface area contributed by atoms with Crippen LogP contribution in [0, 0.1) is 0 Å². The third-order valence-corrected chi connectivity index (χ3v) is 6.45. The lowest BCUT2D eigenvalue weighted by Crippen LogP contribution is -2.42. The van der Waals surface area contributed by atoms with Crippen molar-refractivity contribution in [2.45, 2.75) is 30.7 Å². The number of rotatable bonds is 3.